The molecule has 0 saturated carbocycles. The normalized spacial score (nSPS) is 12.3. The highest BCUT2D eigenvalue weighted by atomic mass is 127. The molecule has 0 unspecified atom stereocenters. The monoisotopic (exact) mass is 398 g/mol. The largest absolute Gasteiger partial charge is 0.573 e. The van der Waals surface area contributed by atoms with Gasteiger partial charge in [0.15, 0.2) is 5.03 Å². The van der Waals surface area contributed by atoms with Crippen LogP contribution in [-0.4, -0.2) is 26.9 Å². The number of aromatic nitrogens is 1. The van der Waals surface area contributed by atoms with E-state index in [0.717, 1.165) is 13.2 Å². The Morgan fingerprint density at radius 3 is 2.39 bits per heavy atom. The van der Waals surface area contributed by atoms with Crippen LogP contribution in [0.2, 0.25) is 0 Å². The fourth-order valence-corrected chi connectivity index (χ4v) is 2.29. The number of alkyl halides is 3. The topological polar surface area (TPSA) is 91.5 Å². The molecular formula is C7H6F3IN2O4S. The maximum absolute atomic E-state index is 12.1. The third kappa shape index (κ3) is 3.84. The molecule has 0 spiro atoms. The van der Waals surface area contributed by atoms with E-state index in [-0.39, 0.29) is 3.57 Å². The number of primary sulfonamides is 1. The van der Waals surface area contributed by atoms with Crippen LogP contribution in [-0.2, 0) is 10.0 Å². The van der Waals surface area contributed by atoms with Crippen molar-refractivity contribution in [1.82, 2.24) is 4.98 Å². The molecule has 2 N–H and O–H groups in total. The van der Waals surface area contributed by atoms with Crippen molar-refractivity contribution in [1.29, 1.82) is 0 Å². The number of methoxy groups -OCH3 is 1. The summed E-state index contributed by atoms with van der Waals surface area (Å²) in [5.74, 6) is -1.35. The second kappa shape index (κ2) is 5.05. The number of ether oxygens (including phenoxy) is 2. The molecule has 1 aromatic rings. The molecule has 0 radical (unpaired) electrons. The van der Waals surface area contributed by atoms with Crippen LogP contribution in [0.5, 0.6) is 11.6 Å². The van der Waals surface area contributed by atoms with E-state index in [1.807, 2.05) is 0 Å². The van der Waals surface area contributed by atoms with Gasteiger partial charge in [0.2, 0.25) is 5.75 Å². The highest BCUT2D eigenvalue weighted by Crippen LogP contribution is 2.35. The summed E-state index contributed by atoms with van der Waals surface area (Å²) in [7, 11) is -3.13. The van der Waals surface area contributed by atoms with Crippen LogP contribution in [0.4, 0.5) is 13.2 Å². The number of rotatable bonds is 3. The van der Waals surface area contributed by atoms with Crippen molar-refractivity contribution in [2.24, 2.45) is 5.14 Å². The van der Waals surface area contributed by atoms with Gasteiger partial charge in [-0.05, 0) is 28.7 Å². The van der Waals surface area contributed by atoms with Crippen molar-refractivity contribution in [2.45, 2.75) is 11.4 Å². The van der Waals surface area contributed by atoms with Gasteiger partial charge in [-0.15, -0.1) is 13.2 Å². The molecule has 1 aromatic heterocycles. The van der Waals surface area contributed by atoms with Gasteiger partial charge < -0.3 is 9.47 Å². The summed E-state index contributed by atoms with van der Waals surface area (Å²) < 4.78 is 66.5. The number of halogens is 4. The standard InChI is InChI=1S/C7H6F3IN2O4S/c1-16-6-5(17-7(8,9)10)3(11)2-4(13-6)18(12,14)15/h2H,1H3,(H2,12,14,15). The molecule has 0 fully saturated rings. The number of sulfonamides is 1. The second-order valence-corrected chi connectivity index (χ2v) is 5.54. The van der Waals surface area contributed by atoms with E-state index < -0.39 is 33.0 Å². The summed E-state index contributed by atoms with van der Waals surface area (Å²) in [5.41, 5.74) is 0. The predicted octanol–water partition coefficient (Wildman–Crippen LogP) is 1.24. The Balaban J connectivity index is 3.38. The van der Waals surface area contributed by atoms with Crippen LogP contribution < -0.4 is 14.6 Å². The van der Waals surface area contributed by atoms with Gasteiger partial charge >= 0.3 is 6.36 Å². The van der Waals surface area contributed by atoms with Gasteiger partial charge in [-0.2, -0.15) is 4.98 Å². The van der Waals surface area contributed by atoms with E-state index in [0.29, 0.717) is 0 Å². The summed E-state index contributed by atoms with van der Waals surface area (Å²) in [6.45, 7) is 0. The fraction of sp³-hybridized carbons (Fsp3) is 0.286. The predicted molar refractivity (Wildman–Crippen MR) is 61.6 cm³/mol. The van der Waals surface area contributed by atoms with Crippen LogP contribution in [0, 0.1) is 3.57 Å². The van der Waals surface area contributed by atoms with Gasteiger partial charge in [0, 0.05) is 0 Å². The Hall–Kier alpha value is -0.820. The molecule has 0 aliphatic heterocycles. The SMILES string of the molecule is COc1nc(S(N)(=O)=O)cc(I)c1OC(F)(F)F. The summed E-state index contributed by atoms with van der Waals surface area (Å²) >= 11 is 1.45. The summed E-state index contributed by atoms with van der Waals surface area (Å²) in [5, 5.41) is 4.20. The average Bonchev–Trinajstić information content (AvgIpc) is 2.17. The minimum Gasteiger partial charge on any atom is -0.478 e. The van der Waals surface area contributed by atoms with Crippen molar-refractivity contribution in [2.75, 3.05) is 7.11 Å². The quantitative estimate of drug-likeness (QED) is 0.774. The van der Waals surface area contributed by atoms with Crippen molar-refractivity contribution in [3.05, 3.63) is 9.64 Å². The van der Waals surface area contributed by atoms with E-state index in [1.54, 1.807) is 0 Å². The molecule has 0 atom stereocenters. The number of nitrogens with two attached hydrogens (primary N) is 1. The maximum atomic E-state index is 12.1. The zero-order chi connectivity index (χ0) is 14.1. The molecule has 11 heteroatoms. The third-order valence-corrected chi connectivity index (χ3v) is 3.17. The maximum Gasteiger partial charge on any atom is 0.573 e. The minimum atomic E-state index is -4.95. The summed E-state index contributed by atoms with van der Waals surface area (Å²) in [6.07, 6.45) is -4.95. The highest BCUT2D eigenvalue weighted by Gasteiger charge is 2.34. The van der Waals surface area contributed by atoms with Crippen molar-refractivity contribution in [3.63, 3.8) is 0 Å². The van der Waals surface area contributed by atoms with E-state index in [9.17, 15) is 21.6 Å². The molecule has 0 saturated heterocycles. The van der Waals surface area contributed by atoms with Gasteiger partial charge in [0.05, 0.1) is 10.7 Å². The van der Waals surface area contributed by atoms with Crippen LogP contribution in [0.3, 0.4) is 0 Å². The Labute approximate surface area is 113 Å². The van der Waals surface area contributed by atoms with E-state index in [2.05, 4.69) is 14.5 Å². The van der Waals surface area contributed by atoms with Crippen LogP contribution in [0.15, 0.2) is 11.1 Å². The first kappa shape index (κ1) is 15.2. The molecule has 0 aliphatic carbocycles. The lowest BCUT2D eigenvalue weighted by Gasteiger charge is -2.13. The molecule has 6 nitrogen and oxygen atoms in total. The first-order valence-electron chi connectivity index (χ1n) is 4.07. The van der Waals surface area contributed by atoms with Gasteiger partial charge in [-0.1, -0.05) is 0 Å². The lowest BCUT2D eigenvalue weighted by molar-refractivity contribution is -0.275. The Bertz CT molecular complexity index is 561. The minimum absolute atomic E-state index is 0.152. The molecule has 0 aromatic carbocycles. The van der Waals surface area contributed by atoms with Gasteiger partial charge in [-0.3, -0.25) is 0 Å². The molecule has 1 rings (SSSR count). The van der Waals surface area contributed by atoms with Gasteiger partial charge in [0.25, 0.3) is 15.9 Å². The number of nitrogens with zero attached hydrogens (tertiary/aromatic N) is 1. The number of hydrogen-bond acceptors (Lipinski definition) is 5. The Morgan fingerprint density at radius 2 is 2.00 bits per heavy atom. The van der Waals surface area contributed by atoms with Crippen molar-refractivity contribution in [3.8, 4) is 11.6 Å². The van der Waals surface area contributed by atoms with Crippen LogP contribution >= 0.6 is 22.6 Å². The van der Waals surface area contributed by atoms with Crippen molar-refractivity contribution < 1.29 is 31.1 Å². The lowest BCUT2D eigenvalue weighted by atomic mass is 10.4. The average molecular weight is 398 g/mol. The second-order valence-electron chi connectivity index (χ2n) is 2.87. The third-order valence-electron chi connectivity index (χ3n) is 1.58. The Kier molecular flexibility index (Phi) is 4.27. The van der Waals surface area contributed by atoms with Crippen LogP contribution in [0.25, 0.3) is 0 Å². The molecular weight excluding hydrogens is 392 g/mol. The summed E-state index contributed by atoms with van der Waals surface area (Å²) in [6, 6.07) is 0.847. The van der Waals surface area contributed by atoms with Gasteiger partial charge in [0.1, 0.15) is 0 Å². The van der Waals surface area contributed by atoms with Crippen molar-refractivity contribution >= 4 is 32.6 Å². The van der Waals surface area contributed by atoms with E-state index in [1.165, 1.54) is 22.6 Å². The lowest BCUT2D eigenvalue weighted by Crippen LogP contribution is -2.20. The molecule has 0 aliphatic rings. The molecule has 18 heavy (non-hydrogen) atoms. The van der Waals surface area contributed by atoms with E-state index in [4.69, 9.17) is 5.14 Å². The first-order valence-corrected chi connectivity index (χ1v) is 6.70. The Morgan fingerprint density at radius 1 is 1.44 bits per heavy atom. The first-order chi connectivity index (χ1) is 8.04. The van der Waals surface area contributed by atoms with Crippen LogP contribution in [0.1, 0.15) is 0 Å². The zero-order valence-electron chi connectivity index (χ0n) is 8.66. The van der Waals surface area contributed by atoms with Gasteiger partial charge in [-0.25, -0.2) is 13.6 Å². The summed E-state index contributed by atoms with van der Waals surface area (Å²) in [4.78, 5) is 3.34. The fourth-order valence-electron chi connectivity index (χ4n) is 0.951. The molecule has 102 valence electrons. The molecule has 0 bridgehead atoms. The smallest absolute Gasteiger partial charge is 0.478 e. The molecule has 1 heterocycles. The zero-order valence-corrected chi connectivity index (χ0v) is 11.6. The number of pyridine rings is 1. The molecule has 0 amide bonds. The van der Waals surface area contributed by atoms with E-state index >= 15 is 0 Å². The number of hydrogen-bond donors (Lipinski definition) is 1. The highest BCUT2D eigenvalue weighted by molar-refractivity contribution is 14.1.